The van der Waals surface area contributed by atoms with E-state index in [0.717, 1.165) is 41.9 Å². The Labute approximate surface area is 139 Å². The number of pyridine rings is 1. The predicted octanol–water partition coefficient (Wildman–Crippen LogP) is 2.41. The number of nitrogens with zero attached hydrogens (tertiary/aromatic N) is 2. The minimum Gasteiger partial charge on any atom is -0.396 e. The van der Waals surface area contributed by atoms with Crippen LogP contribution in [0, 0.1) is 5.92 Å². The summed E-state index contributed by atoms with van der Waals surface area (Å²) in [7, 11) is 0. The lowest BCUT2D eigenvalue weighted by molar-refractivity contribution is -0.121. The second-order valence-corrected chi connectivity index (χ2v) is 6.89. The van der Waals surface area contributed by atoms with Crippen molar-refractivity contribution in [1.29, 1.82) is 0 Å². The first-order chi connectivity index (χ1) is 11.2. The number of hydrogen-bond donors (Lipinski definition) is 2. The Morgan fingerprint density at radius 1 is 1.35 bits per heavy atom. The van der Waals surface area contributed by atoms with Crippen LogP contribution in [0.4, 0.5) is 0 Å². The summed E-state index contributed by atoms with van der Waals surface area (Å²) < 4.78 is 0. The molecule has 1 aliphatic carbocycles. The Balaban J connectivity index is 1.52. The van der Waals surface area contributed by atoms with E-state index in [1.54, 1.807) is 12.4 Å². The molecule has 0 radical (unpaired) electrons. The molecule has 2 N–H and O–H groups in total. The van der Waals surface area contributed by atoms with Gasteiger partial charge in [-0.1, -0.05) is 0 Å². The van der Waals surface area contributed by atoms with E-state index >= 15 is 0 Å². The Hall–Kier alpha value is -1.79. The maximum Gasteiger partial charge on any atom is 0.226 e. The molecule has 0 atom stereocenters. The number of hydrogen-bond acceptors (Lipinski definition) is 5. The molecule has 1 fully saturated rings. The third kappa shape index (κ3) is 4.36. The van der Waals surface area contributed by atoms with E-state index in [9.17, 15) is 4.79 Å². The molecule has 122 valence electrons. The molecule has 5 nitrogen and oxygen atoms in total. The SMILES string of the molecule is O=C(Cc1csc(-c2cccnc2)n1)NC1CCC(CO)CC1. The van der Waals surface area contributed by atoms with Gasteiger partial charge in [0.2, 0.25) is 5.91 Å². The smallest absolute Gasteiger partial charge is 0.226 e. The van der Waals surface area contributed by atoms with E-state index in [4.69, 9.17) is 5.11 Å². The molecule has 1 amide bonds. The van der Waals surface area contributed by atoms with Crippen molar-refractivity contribution in [2.75, 3.05) is 6.61 Å². The molecule has 2 aromatic heterocycles. The number of aliphatic hydroxyl groups excluding tert-OH is 1. The molecule has 1 saturated carbocycles. The molecule has 1 aliphatic rings. The standard InChI is InChI=1S/C17H21N3O2S/c21-10-12-3-5-14(6-4-12)19-16(22)8-15-11-23-17(20-15)13-2-1-7-18-9-13/h1-2,7,9,11-12,14,21H,3-6,8,10H2,(H,19,22). The molecule has 0 aromatic carbocycles. The molecular weight excluding hydrogens is 310 g/mol. The summed E-state index contributed by atoms with van der Waals surface area (Å²) in [6, 6.07) is 4.09. The van der Waals surface area contributed by atoms with Crippen molar-refractivity contribution >= 4 is 17.2 Å². The van der Waals surface area contributed by atoms with Crippen molar-refractivity contribution < 1.29 is 9.90 Å². The summed E-state index contributed by atoms with van der Waals surface area (Å²) in [4.78, 5) is 20.8. The fraction of sp³-hybridized carbons (Fsp3) is 0.471. The zero-order chi connectivity index (χ0) is 16.1. The zero-order valence-electron chi connectivity index (χ0n) is 12.9. The highest BCUT2D eigenvalue weighted by atomic mass is 32.1. The third-order valence-corrected chi connectivity index (χ3v) is 5.21. The fourth-order valence-electron chi connectivity index (χ4n) is 2.94. The summed E-state index contributed by atoms with van der Waals surface area (Å²) >= 11 is 1.54. The highest BCUT2D eigenvalue weighted by Gasteiger charge is 2.22. The summed E-state index contributed by atoms with van der Waals surface area (Å²) in [6.45, 7) is 0.261. The van der Waals surface area contributed by atoms with Crippen LogP contribution in [-0.4, -0.2) is 33.6 Å². The van der Waals surface area contributed by atoms with Gasteiger partial charge in [-0.05, 0) is 43.7 Å². The van der Waals surface area contributed by atoms with Crippen LogP contribution < -0.4 is 5.32 Å². The fourth-order valence-corrected chi connectivity index (χ4v) is 3.75. The van der Waals surface area contributed by atoms with E-state index in [2.05, 4.69) is 15.3 Å². The molecule has 6 heteroatoms. The van der Waals surface area contributed by atoms with Crippen LogP contribution in [0.5, 0.6) is 0 Å². The summed E-state index contributed by atoms with van der Waals surface area (Å²) in [5.74, 6) is 0.434. The number of carbonyl (C=O) groups is 1. The van der Waals surface area contributed by atoms with Gasteiger partial charge < -0.3 is 10.4 Å². The van der Waals surface area contributed by atoms with E-state index in [0.29, 0.717) is 12.3 Å². The van der Waals surface area contributed by atoms with Crippen LogP contribution in [0.3, 0.4) is 0 Å². The Morgan fingerprint density at radius 2 is 2.17 bits per heavy atom. The summed E-state index contributed by atoms with van der Waals surface area (Å²) in [5.41, 5.74) is 1.78. The Bertz CT molecular complexity index is 636. The van der Waals surface area contributed by atoms with Crippen molar-refractivity contribution in [3.8, 4) is 10.6 Å². The first-order valence-electron chi connectivity index (χ1n) is 7.99. The molecule has 3 rings (SSSR count). The largest absolute Gasteiger partial charge is 0.396 e. The minimum atomic E-state index is 0.0282. The number of amides is 1. The second-order valence-electron chi connectivity index (χ2n) is 6.03. The van der Waals surface area contributed by atoms with E-state index in [-0.39, 0.29) is 18.6 Å². The van der Waals surface area contributed by atoms with Gasteiger partial charge in [0.15, 0.2) is 0 Å². The monoisotopic (exact) mass is 331 g/mol. The van der Waals surface area contributed by atoms with Gasteiger partial charge in [-0.2, -0.15) is 0 Å². The van der Waals surface area contributed by atoms with Gasteiger partial charge in [-0.25, -0.2) is 4.98 Å². The molecule has 2 aromatic rings. The summed E-state index contributed by atoms with van der Waals surface area (Å²) in [6.07, 6.45) is 7.71. The van der Waals surface area contributed by atoms with Crippen LogP contribution in [-0.2, 0) is 11.2 Å². The van der Waals surface area contributed by atoms with Crippen molar-refractivity contribution in [3.05, 3.63) is 35.6 Å². The number of thiazole rings is 1. The minimum absolute atomic E-state index is 0.0282. The van der Waals surface area contributed by atoms with Crippen LogP contribution in [0.15, 0.2) is 29.9 Å². The van der Waals surface area contributed by atoms with E-state index in [1.807, 2.05) is 17.5 Å². The molecule has 2 heterocycles. The van der Waals surface area contributed by atoms with Gasteiger partial charge in [0, 0.05) is 36.0 Å². The topological polar surface area (TPSA) is 75.1 Å². The van der Waals surface area contributed by atoms with Crippen LogP contribution in [0.25, 0.3) is 10.6 Å². The van der Waals surface area contributed by atoms with Gasteiger partial charge >= 0.3 is 0 Å². The highest BCUT2D eigenvalue weighted by molar-refractivity contribution is 7.13. The Morgan fingerprint density at radius 3 is 2.87 bits per heavy atom. The van der Waals surface area contributed by atoms with E-state index in [1.165, 1.54) is 11.3 Å². The van der Waals surface area contributed by atoms with Gasteiger partial charge in [-0.3, -0.25) is 9.78 Å². The van der Waals surface area contributed by atoms with Crippen molar-refractivity contribution in [2.45, 2.75) is 38.1 Å². The second kappa shape index (κ2) is 7.66. The number of nitrogens with one attached hydrogen (secondary N) is 1. The lowest BCUT2D eigenvalue weighted by atomic mass is 9.86. The number of carbonyl (C=O) groups excluding carboxylic acids is 1. The molecule has 0 spiro atoms. The average molecular weight is 331 g/mol. The van der Waals surface area contributed by atoms with Crippen LogP contribution in [0.1, 0.15) is 31.4 Å². The number of aliphatic hydroxyl groups is 1. The van der Waals surface area contributed by atoms with Crippen molar-refractivity contribution in [3.63, 3.8) is 0 Å². The van der Waals surface area contributed by atoms with Crippen LogP contribution >= 0.6 is 11.3 Å². The first kappa shape index (κ1) is 16.1. The molecular formula is C17H21N3O2S. The number of rotatable bonds is 5. The quantitative estimate of drug-likeness (QED) is 0.882. The highest BCUT2D eigenvalue weighted by Crippen LogP contribution is 2.24. The normalized spacial score (nSPS) is 21.1. The third-order valence-electron chi connectivity index (χ3n) is 4.27. The first-order valence-corrected chi connectivity index (χ1v) is 8.87. The lowest BCUT2D eigenvalue weighted by Gasteiger charge is -2.27. The Kier molecular flexibility index (Phi) is 5.35. The molecule has 23 heavy (non-hydrogen) atoms. The van der Waals surface area contributed by atoms with Crippen LogP contribution in [0.2, 0.25) is 0 Å². The molecule has 0 aliphatic heterocycles. The van der Waals surface area contributed by atoms with Gasteiger partial charge in [0.25, 0.3) is 0 Å². The molecule has 0 saturated heterocycles. The van der Waals surface area contributed by atoms with Gasteiger partial charge in [0.1, 0.15) is 5.01 Å². The lowest BCUT2D eigenvalue weighted by Crippen LogP contribution is -2.38. The predicted molar refractivity (Wildman–Crippen MR) is 90.0 cm³/mol. The maximum atomic E-state index is 12.2. The van der Waals surface area contributed by atoms with Crippen molar-refractivity contribution in [1.82, 2.24) is 15.3 Å². The average Bonchev–Trinajstić information content (AvgIpc) is 3.04. The molecule has 0 unspecified atom stereocenters. The van der Waals surface area contributed by atoms with Gasteiger partial charge in [-0.15, -0.1) is 11.3 Å². The molecule has 0 bridgehead atoms. The zero-order valence-corrected chi connectivity index (χ0v) is 13.8. The maximum absolute atomic E-state index is 12.2. The van der Waals surface area contributed by atoms with E-state index < -0.39 is 0 Å². The summed E-state index contributed by atoms with van der Waals surface area (Å²) in [5, 5.41) is 15.1. The van der Waals surface area contributed by atoms with Gasteiger partial charge in [0.05, 0.1) is 12.1 Å². The number of aromatic nitrogens is 2. The van der Waals surface area contributed by atoms with Crippen molar-refractivity contribution in [2.24, 2.45) is 5.92 Å².